The monoisotopic (exact) mass is 252 g/mol. The molecule has 100 valence electrons. The molecule has 0 unspecified atom stereocenters. The number of nitrogens with zero attached hydrogens (tertiary/aromatic N) is 1. The van der Waals surface area contributed by atoms with Gasteiger partial charge in [0, 0.05) is 13.1 Å². The zero-order chi connectivity index (χ0) is 12.8. The summed E-state index contributed by atoms with van der Waals surface area (Å²) < 4.78 is 10.7. The van der Waals surface area contributed by atoms with Crippen molar-refractivity contribution in [1.29, 1.82) is 0 Å². The minimum absolute atomic E-state index is 0.0307. The number of hydrogen-bond donors (Lipinski definition) is 1. The van der Waals surface area contributed by atoms with Crippen molar-refractivity contribution >= 4 is 5.91 Å². The zero-order valence-corrected chi connectivity index (χ0v) is 10.7. The molecule has 18 heavy (non-hydrogen) atoms. The van der Waals surface area contributed by atoms with Crippen LogP contribution in [0.2, 0.25) is 0 Å². The van der Waals surface area contributed by atoms with Gasteiger partial charge < -0.3 is 14.5 Å². The molecule has 0 spiro atoms. The largest absolute Gasteiger partial charge is 0.467 e. The summed E-state index contributed by atoms with van der Waals surface area (Å²) in [5, 5.41) is 2.85. The van der Waals surface area contributed by atoms with Crippen LogP contribution < -0.4 is 5.32 Å². The fourth-order valence-electron chi connectivity index (χ4n) is 2.03. The van der Waals surface area contributed by atoms with Gasteiger partial charge in [-0.2, -0.15) is 0 Å². The van der Waals surface area contributed by atoms with Crippen LogP contribution in [-0.2, 0) is 16.1 Å². The number of nitrogens with one attached hydrogen (secondary N) is 1. The molecule has 1 aromatic heterocycles. The van der Waals surface area contributed by atoms with Crippen molar-refractivity contribution in [1.82, 2.24) is 10.2 Å². The molecule has 0 aromatic carbocycles. The smallest absolute Gasteiger partial charge is 0.234 e. The standard InChI is InChI=1S/C13H20N2O3/c1-2-11-9-15(5-7-18-11)10-13(16)14-8-12-4-3-6-17-12/h3-4,6,11H,2,5,7-10H2,1H3,(H,14,16)/t11-/m0/s1. The highest BCUT2D eigenvalue weighted by Gasteiger charge is 2.20. The molecule has 1 N–H and O–H groups in total. The number of amides is 1. The van der Waals surface area contributed by atoms with Crippen LogP contribution in [-0.4, -0.2) is 43.2 Å². The van der Waals surface area contributed by atoms with Gasteiger partial charge in [0.1, 0.15) is 5.76 Å². The summed E-state index contributed by atoms with van der Waals surface area (Å²) in [6, 6.07) is 3.66. The maximum Gasteiger partial charge on any atom is 0.234 e. The van der Waals surface area contributed by atoms with E-state index in [-0.39, 0.29) is 12.0 Å². The summed E-state index contributed by atoms with van der Waals surface area (Å²) in [6.07, 6.45) is 2.86. The Labute approximate surface area is 107 Å². The van der Waals surface area contributed by atoms with Crippen LogP contribution in [0.25, 0.3) is 0 Å². The Bertz CT molecular complexity index is 364. The minimum atomic E-state index is 0.0307. The SMILES string of the molecule is CC[C@H]1CN(CC(=O)NCc2ccco2)CCO1. The summed E-state index contributed by atoms with van der Waals surface area (Å²) in [5.74, 6) is 0.805. The Morgan fingerprint density at radius 3 is 3.22 bits per heavy atom. The second kappa shape index (κ2) is 6.56. The van der Waals surface area contributed by atoms with Crippen LogP contribution in [0.4, 0.5) is 0 Å². The number of ether oxygens (including phenoxy) is 1. The Morgan fingerprint density at radius 1 is 1.61 bits per heavy atom. The summed E-state index contributed by atoms with van der Waals surface area (Å²) in [6.45, 7) is 5.36. The van der Waals surface area contributed by atoms with E-state index in [1.807, 2.05) is 12.1 Å². The molecular formula is C13H20N2O3. The molecule has 1 saturated heterocycles. The number of rotatable bonds is 5. The maximum absolute atomic E-state index is 11.8. The third kappa shape index (κ3) is 3.85. The lowest BCUT2D eigenvalue weighted by molar-refractivity contribution is -0.124. The van der Waals surface area contributed by atoms with Crippen LogP contribution in [0.15, 0.2) is 22.8 Å². The van der Waals surface area contributed by atoms with E-state index in [0.717, 1.165) is 25.3 Å². The summed E-state index contributed by atoms with van der Waals surface area (Å²) in [4.78, 5) is 13.9. The highest BCUT2D eigenvalue weighted by atomic mass is 16.5. The Kier molecular flexibility index (Phi) is 4.78. The van der Waals surface area contributed by atoms with Crippen LogP contribution in [0.3, 0.4) is 0 Å². The van der Waals surface area contributed by atoms with Crippen molar-refractivity contribution in [3.8, 4) is 0 Å². The highest BCUT2D eigenvalue weighted by Crippen LogP contribution is 2.07. The van der Waals surface area contributed by atoms with Gasteiger partial charge in [-0.15, -0.1) is 0 Å². The number of hydrogen-bond acceptors (Lipinski definition) is 4. The number of morpholine rings is 1. The molecule has 1 amide bonds. The first-order chi connectivity index (χ1) is 8.78. The van der Waals surface area contributed by atoms with Crippen molar-refractivity contribution < 1.29 is 13.9 Å². The lowest BCUT2D eigenvalue weighted by atomic mass is 10.2. The van der Waals surface area contributed by atoms with E-state index in [9.17, 15) is 4.79 Å². The van der Waals surface area contributed by atoms with E-state index in [4.69, 9.17) is 9.15 Å². The summed E-state index contributed by atoms with van der Waals surface area (Å²) >= 11 is 0. The molecule has 1 fully saturated rings. The first-order valence-electron chi connectivity index (χ1n) is 6.41. The van der Waals surface area contributed by atoms with Crippen LogP contribution in [0, 0.1) is 0 Å². The molecular weight excluding hydrogens is 232 g/mol. The van der Waals surface area contributed by atoms with Gasteiger partial charge in [-0.05, 0) is 18.6 Å². The zero-order valence-electron chi connectivity index (χ0n) is 10.7. The number of carbonyl (C=O) groups is 1. The Balaban J connectivity index is 1.70. The predicted octanol–water partition coefficient (Wildman–Crippen LogP) is 1.01. The second-order valence-corrected chi connectivity index (χ2v) is 4.49. The van der Waals surface area contributed by atoms with Crippen LogP contribution in [0.5, 0.6) is 0 Å². The molecule has 0 saturated carbocycles. The van der Waals surface area contributed by atoms with Gasteiger partial charge in [-0.25, -0.2) is 0 Å². The molecule has 5 heteroatoms. The third-order valence-corrected chi connectivity index (χ3v) is 3.09. The van der Waals surface area contributed by atoms with Gasteiger partial charge in [0.05, 0.1) is 32.1 Å². The van der Waals surface area contributed by atoms with E-state index in [0.29, 0.717) is 19.7 Å². The average Bonchev–Trinajstić information content (AvgIpc) is 2.90. The van der Waals surface area contributed by atoms with Gasteiger partial charge in [-0.1, -0.05) is 6.92 Å². The van der Waals surface area contributed by atoms with Crippen LogP contribution in [0.1, 0.15) is 19.1 Å². The van der Waals surface area contributed by atoms with Crippen molar-refractivity contribution in [2.75, 3.05) is 26.2 Å². The highest BCUT2D eigenvalue weighted by molar-refractivity contribution is 5.77. The fourth-order valence-corrected chi connectivity index (χ4v) is 2.03. The normalized spacial score (nSPS) is 20.8. The predicted molar refractivity (Wildman–Crippen MR) is 67.0 cm³/mol. The molecule has 1 aliphatic rings. The summed E-state index contributed by atoms with van der Waals surface area (Å²) in [5.41, 5.74) is 0. The van der Waals surface area contributed by atoms with E-state index in [1.54, 1.807) is 6.26 Å². The Hall–Kier alpha value is -1.33. The topological polar surface area (TPSA) is 54.7 Å². The van der Waals surface area contributed by atoms with Gasteiger partial charge in [0.25, 0.3) is 0 Å². The average molecular weight is 252 g/mol. The molecule has 2 rings (SSSR count). The van der Waals surface area contributed by atoms with Crippen molar-refractivity contribution in [2.24, 2.45) is 0 Å². The van der Waals surface area contributed by atoms with E-state index in [1.165, 1.54) is 0 Å². The lowest BCUT2D eigenvalue weighted by Gasteiger charge is -2.31. The van der Waals surface area contributed by atoms with Gasteiger partial charge in [0.15, 0.2) is 0 Å². The minimum Gasteiger partial charge on any atom is -0.467 e. The van der Waals surface area contributed by atoms with Gasteiger partial charge in [0.2, 0.25) is 5.91 Å². The molecule has 0 bridgehead atoms. The van der Waals surface area contributed by atoms with Crippen molar-refractivity contribution in [3.63, 3.8) is 0 Å². The molecule has 1 atom stereocenters. The maximum atomic E-state index is 11.8. The molecule has 1 aromatic rings. The lowest BCUT2D eigenvalue weighted by Crippen LogP contribution is -2.46. The van der Waals surface area contributed by atoms with E-state index >= 15 is 0 Å². The first-order valence-corrected chi connectivity index (χ1v) is 6.41. The third-order valence-electron chi connectivity index (χ3n) is 3.09. The Morgan fingerprint density at radius 2 is 2.50 bits per heavy atom. The molecule has 5 nitrogen and oxygen atoms in total. The van der Waals surface area contributed by atoms with Crippen molar-refractivity contribution in [3.05, 3.63) is 24.2 Å². The van der Waals surface area contributed by atoms with Crippen molar-refractivity contribution in [2.45, 2.75) is 26.0 Å². The molecule has 2 heterocycles. The van der Waals surface area contributed by atoms with Crippen LogP contribution >= 0.6 is 0 Å². The summed E-state index contributed by atoms with van der Waals surface area (Å²) in [7, 11) is 0. The van der Waals surface area contributed by atoms with Gasteiger partial charge in [-0.3, -0.25) is 9.69 Å². The molecule has 0 radical (unpaired) electrons. The quantitative estimate of drug-likeness (QED) is 0.849. The first kappa shape index (κ1) is 13.1. The second-order valence-electron chi connectivity index (χ2n) is 4.49. The fraction of sp³-hybridized carbons (Fsp3) is 0.615. The van der Waals surface area contributed by atoms with E-state index in [2.05, 4.69) is 17.1 Å². The molecule has 1 aliphatic heterocycles. The number of furan rings is 1. The van der Waals surface area contributed by atoms with E-state index < -0.39 is 0 Å². The van der Waals surface area contributed by atoms with Gasteiger partial charge >= 0.3 is 0 Å². The molecule has 0 aliphatic carbocycles. The number of carbonyl (C=O) groups excluding carboxylic acids is 1.